The lowest BCUT2D eigenvalue weighted by Gasteiger charge is -2.31. The monoisotopic (exact) mass is 601 g/mol. The van der Waals surface area contributed by atoms with Crippen LogP contribution in [0.4, 0.5) is 0 Å². The van der Waals surface area contributed by atoms with E-state index in [1.807, 2.05) is 0 Å². The molecule has 0 saturated heterocycles. The van der Waals surface area contributed by atoms with Crippen LogP contribution in [0.3, 0.4) is 0 Å². The first-order chi connectivity index (χ1) is 22.8. The van der Waals surface area contributed by atoms with Gasteiger partial charge in [0.25, 0.3) is 0 Å². The van der Waals surface area contributed by atoms with E-state index < -0.39 is 8.07 Å². The second-order valence-corrected chi connectivity index (χ2v) is 15.9. The summed E-state index contributed by atoms with van der Waals surface area (Å²) in [6.45, 7) is 0. The SMILES string of the molecule is c1ccc(-c2ccc3c(c2)c(-c2ccccc2)cn3-c2ccc3c(c2)[Si](c2ccccc2)(c2ccccc2)c2ccccc2-3)cc1. The zero-order valence-corrected chi connectivity index (χ0v) is 26.3. The minimum Gasteiger partial charge on any atom is -0.316 e. The van der Waals surface area contributed by atoms with Gasteiger partial charge in [-0.1, -0.05) is 158 Å². The van der Waals surface area contributed by atoms with Crippen LogP contribution in [-0.4, -0.2) is 12.6 Å². The van der Waals surface area contributed by atoms with Crippen LogP contribution in [0.15, 0.2) is 188 Å². The van der Waals surface area contributed by atoms with Crippen molar-refractivity contribution in [3.8, 4) is 39.1 Å². The molecule has 0 unspecified atom stereocenters. The third kappa shape index (κ3) is 4.01. The topological polar surface area (TPSA) is 4.93 Å². The molecule has 1 aromatic heterocycles. The predicted molar refractivity (Wildman–Crippen MR) is 197 cm³/mol. The lowest BCUT2D eigenvalue weighted by atomic mass is 10.00. The minimum absolute atomic E-state index is 1.19. The molecule has 9 rings (SSSR count). The van der Waals surface area contributed by atoms with Crippen LogP contribution in [-0.2, 0) is 0 Å². The Bertz CT molecular complexity index is 2300. The fraction of sp³-hybridized carbons (Fsp3) is 0. The van der Waals surface area contributed by atoms with Gasteiger partial charge in [-0.3, -0.25) is 0 Å². The fourth-order valence-corrected chi connectivity index (χ4v) is 12.9. The van der Waals surface area contributed by atoms with Gasteiger partial charge in [0, 0.05) is 22.8 Å². The Balaban J connectivity index is 1.32. The summed E-state index contributed by atoms with van der Waals surface area (Å²) in [5.74, 6) is 0. The van der Waals surface area contributed by atoms with Crippen LogP contribution < -0.4 is 20.7 Å². The zero-order chi connectivity index (χ0) is 30.5. The van der Waals surface area contributed by atoms with E-state index in [4.69, 9.17) is 0 Å². The van der Waals surface area contributed by atoms with Crippen LogP contribution in [0, 0.1) is 0 Å². The maximum absolute atomic E-state index is 2.58. The first-order valence-electron chi connectivity index (χ1n) is 15.9. The van der Waals surface area contributed by atoms with Gasteiger partial charge in [0.2, 0.25) is 0 Å². The Labute approximate surface area is 270 Å². The normalized spacial score (nSPS) is 13.0. The van der Waals surface area contributed by atoms with Crippen LogP contribution >= 0.6 is 0 Å². The molecule has 1 aliphatic heterocycles. The van der Waals surface area contributed by atoms with Crippen molar-refractivity contribution in [1.29, 1.82) is 0 Å². The highest BCUT2D eigenvalue weighted by atomic mass is 28.3. The van der Waals surface area contributed by atoms with Gasteiger partial charge in [0.1, 0.15) is 0 Å². The zero-order valence-electron chi connectivity index (χ0n) is 25.3. The highest BCUT2D eigenvalue weighted by Gasteiger charge is 2.48. The maximum atomic E-state index is 2.50. The van der Waals surface area contributed by atoms with Crippen molar-refractivity contribution in [3.63, 3.8) is 0 Å². The second-order valence-electron chi connectivity index (χ2n) is 12.1. The Morgan fingerprint density at radius 2 is 0.935 bits per heavy atom. The molecule has 2 heteroatoms. The van der Waals surface area contributed by atoms with Gasteiger partial charge in [-0.15, -0.1) is 0 Å². The van der Waals surface area contributed by atoms with Crippen molar-refractivity contribution in [1.82, 2.24) is 4.57 Å². The summed E-state index contributed by atoms with van der Waals surface area (Å²) >= 11 is 0. The third-order valence-electron chi connectivity index (χ3n) is 9.72. The average molecular weight is 602 g/mol. The van der Waals surface area contributed by atoms with Crippen LogP contribution in [0.2, 0.25) is 0 Å². The van der Waals surface area contributed by atoms with Crippen LogP contribution in [0.5, 0.6) is 0 Å². The van der Waals surface area contributed by atoms with Gasteiger partial charge < -0.3 is 4.57 Å². The number of hydrogen-bond donors (Lipinski definition) is 0. The second kappa shape index (κ2) is 10.7. The standard InChI is InChI=1S/C44H31NSi/c1-5-15-32(16-6-1)34-25-28-42-40(29-34)41(33-17-7-2-8-18-33)31-45(42)35-26-27-39-38-23-13-14-24-43(38)46(44(39)30-35,36-19-9-3-10-20-36)37-21-11-4-12-22-37/h1-31H. The first-order valence-corrected chi connectivity index (χ1v) is 17.9. The molecule has 0 aliphatic carbocycles. The summed E-state index contributed by atoms with van der Waals surface area (Å²) in [4.78, 5) is 0. The minimum atomic E-state index is -2.58. The number of aromatic nitrogens is 1. The quantitative estimate of drug-likeness (QED) is 0.175. The van der Waals surface area contributed by atoms with Gasteiger partial charge in [-0.2, -0.15) is 0 Å². The van der Waals surface area contributed by atoms with Crippen molar-refractivity contribution < 1.29 is 0 Å². The van der Waals surface area contributed by atoms with Crippen LogP contribution in [0.1, 0.15) is 0 Å². The van der Waals surface area contributed by atoms with Crippen molar-refractivity contribution in [2.24, 2.45) is 0 Å². The third-order valence-corrected chi connectivity index (χ3v) is 14.6. The van der Waals surface area contributed by atoms with Gasteiger partial charge in [-0.25, -0.2) is 0 Å². The summed E-state index contributed by atoms with van der Waals surface area (Å²) in [6.07, 6.45) is 2.34. The van der Waals surface area contributed by atoms with Gasteiger partial charge >= 0.3 is 0 Å². The molecular weight excluding hydrogens is 571 g/mol. The highest BCUT2D eigenvalue weighted by molar-refractivity contribution is 7.22. The van der Waals surface area contributed by atoms with E-state index >= 15 is 0 Å². The van der Waals surface area contributed by atoms with E-state index in [0.29, 0.717) is 0 Å². The van der Waals surface area contributed by atoms with E-state index in [2.05, 4.69) is 193 Å². The lowest BCUT2D eigenvalue weighted by molar-refractivity contribution is 1.13. The Morgan fingerprint density at radius 1 is 0.370 bits per heavy atom. The summed E-state index contributed by atoms with van der Waals surface area (Å²) in [5.41, 5.74) is 10.0. The summed E-state index contributed by atoms with van der Waals surface area (Å²) < 4.78 is 2.41. The smallest absolute Gasteiger partial charge is 0.180 e. The maximum Gasteiger partial charge on any atom is 0.180 e. The predicted octanol–water partition coefficient (Wildman–Crippen LogP) is 8.32. The Kier molecular flexibility index (Phi) is 6.22. The molecule has 0 fully saturated rings. The molecule has 1 nitrogen and oxygen atoms in total. The van der Waals surface area contributed by atoms with E-state index in [1.165, 1.54) is 70.7 Å². The molecule has 0 radical (unpaired) electrons. The molecule has 0 spiro atoms. The van der Waals surface area contributed by atoms with E-state index in [1.54, 1.807) is 0 Å². The van der Waals surface area contributed by atoms with Crippen molar-refractivity contribution in [2.75, 3.05) is 0 Å². The number of rotatable bonds is 5. The Morgan fingerprint density at radius 3 is 1.61 bits per heavy atom. The van der Waals surface area contributed by atoms with Crippen molar-refractivity contribution in [3.05, 3.63) is 188 Å². The molecule has 2 heterocycles. The largest absolute Gasteiger partial charge is 0.316 e. The molecule has 0 bridgehead atoms. The molecule has 0 saturated carbocycles. The Hall–Kier alpha value is -5.70. The van der Waals surface area contributed by atoms with Gasteiger partial charge in [-0.05, 0) is 72.8 Å². The summed E-state index contributed by atoms with van der Waals surface area (Å²) in [5, 5.41) is 7.01. The fourth-order valence-electron chi connectivity index (χ4n) is 7.68. The number of hydrogen-bond acceptors (Lipinski definition) is 0. The van der Waals surface area contributed by atoms with Gasteiger partial charge in [0.05, 0.1) is 5.52 Å². The van der Waals surface area contributed by atoms with E-state index in [-0.39, 0.29) is 0 Å². The number of benzene rings is 7. The molecule has 0 atom stereocenters. The van der Waals surface area contributed by atoms with E-state index in [9.17, 15) is 0 Å². The molecule has 0 amide bonds. The number of fused-ring (bicyclic) bond motifs is 4. The molecule has 7 aromatic carbocycles. The van der Waals surface area contributed by atoms with Crippen LogP contribution in [0.25, 0.3) is 50.0 Å². The van der Waals surface area contributed by atoms with Crippen molar-refractivity contribution in [2.45, 2.75) is 0 Å². The molecule has 216 valence electrons. The lowest BCUT2D eigenvalue weighted by Crippen LogP contribution is -2.72. The van der Waals surface area contributed by atoms with Gasteiger partial charge in [0.15, 0.2) is 8.07 Å². The molecular formula is C44H31NSi. The van der Waals surface area contributed by atoms with Crippen molar-refractivity contribution >= 4 is 39.7 Å². The first kappa shape index (κ1) is 26.7. The molecule has 0 N–H and O–H groups in total. The van der Waals surface area contributed by atoms with E-state index in [0.717, 1.165) is 0 Å². The summed E-state index contributed by atoms with van der Waals surface area (Å²) in [6, 6.07) is 67.2. The highest BCUT2D eigenvalue weighted by Crippen LogP contribution is 2.37. The molecule has 46 heavy (non-hydrogen) atoms. The summed E-state index contributed by atoms with van der Waals surface area (Å²) in [7, 11) is -2.58. The average Bonchev–Trinajstić information content (AvgIpc) is 3.67. The number of nitrogens with zero attached hydrogens (tertiary/aromatic N) is 1. The molecule has 8 aromatic rings. The molecule has 1 aliphatic rings.